The molecule has 0 aliphatic carbocycles. The van der Waals surface area contributed by atoms with Gasteiger partial charge in [-0.1, -0.05) is 12.1 Å². The lowest BCUT2D eigenvalue weighted by Crippen LogP contribution is -2.22. The van der Waals surface area contributed by atoms with Gasteiger partial charge in [-0.05, 0) is 62.9 Å². The summed E-state index contributed by atoms with van der Waals surface area (Å²) in [5.74, 6) is 0. The van der Waals surface area contributed by atoms with Crippen LogP contribution in [0.2, 0.25) is 0 Å². The summed E-state index contributed by atoms with van der Waals surface area (Å²) >= 11 is 8.40. The zero-order valence-electron chi connectivity index (χ0n) is 10.7. The third-order valence-electron chi connectivity index (χ3n) is 2.59. The monoisotopic (exact) mass is 404 g/mol. The molecule has 0 N–H and O–H groups in total. The van der Waals surface area contributed by atoms with Crippen molar-refractivity contribution in [1.29, 1.82) is 0 Å². The fourth-order valence-corrected chi connectivity index (χ4v) is 3.07. The maximum atomic E-state index is 4.25. The highest BCUT2D eigenvalue weighted by atomic mass is 79.9. The van der Waals surface area contributed by atoms with Gasteiger partial charge in [0.2, 0.25) is 4.73 Å². The molecular weight excluding hydrogens is 392 g/mol. The number of aromatic nitrogens is 3. The molecule has 102 valence electrons. The van der Waals surface area contributed by atoms with Crippen LogP contribution in [0.15, 0.2) is 38.6 Å². The van der Waals surface area contributed by atoms with E-state index in [2.05, 4.69) is 84.4 Å². The summed E-state index contributed by atoms with van der Waals surface area (Å²) in [7, 11) is 2.06. The standard InChI is InChI=1S/C12H14Br2N4S/c1-17(8-18-12(14)15-11(13)16-18)7-9-3-5-10(19-2)6-4-9/h3-6H,7-8H2,1-2H3. The molecule has 1 aromatic heterocycles. The van der Waals surface area contributed by atoms with Gasteiger partial charge < -0.3 is 0 Å². The predicted octanol–water partition coefficient (Wildman–Crippen LogP) is 3.61. The fraction of sp³-hybridized carbons (Fsp3) is 0.333. The van der Waals surface area contributed by atoms with Gasteiger partial charge in [-0.15, -0.1) is 16.9 Å². The molecule has 2 aromatic rings. The van der Waals surface area contributed by atoms with E-state index in [0.717, 1.165) is 11.3 Å². The lowest BCUT2D eigenvalue weighted by Gasteiger charge is -2.17. The van der Waals surface area contributed by atoms with Crippen molar-refractivity contribution in [2.75, 3.05) is 13.3 Å². The Labute approximate surface area is 133 Å². The Morgan fingerprint density at radius 3 is 2.47 bits per heavy atom. The van der Waals surface area contributed by atoms with E-state index in [1.807, 2.05) is 0 Å². The van der Waals surface area contributed by atoms with E-state index in [0.29, 0.717) is 11.4 Å². The summed E-state index contributed by atoms with van der Waals surface area (Å²) in [6, 6.07) is 8.62. The Balaban J connectivity index is 1.96. The summed E-state index contributed by atoms with van der Waals surface area (Å²) in [4.78, 5) is 7.62. The highest BCUT2D eigenvalue weighted by molar-refractivity contribution is 9.11. The van der Waals surface area contributed by atoms with E-state index in [-0.39, 0.29) is 0 Å². The Kier molecular flexibility index (Phi) is 5.44. The first-order valence-electron chi connectivity index (χ1n) is 5.66. The quantitative estimate of drug-likeness (QED) is 0.711. The number of nitrogens with zero attached hydrogens (tertiary/aromatic N) is 4. The van der Waals surface area contributed by atoms with Crippen molar-refractivity contribution in [3.05, 3.63) is 39.3 Å². The number of benzene rings is 1. The number of thioether (sulfide) groups is 1. The second-order valence-corrected chi connectivity index (χ2v) is 6.45. The first-order chi connectivity index (χ1) is 9.08. The average Bonchev–Trinajstić information content (AvgIpc) is 2.68. The predicted molar refractivity (Wildman–Crippen MR) is 85.1 cm³/mol. The minimum Gasteiger partial charge on any atom is -0.283 e. The molecule has 1 aromatic carbocycles. The average molecular weight is 406 g/mol. The fourth-order valence-electron chi connectivity index (χ4n) is 1.71. The van der Waals surface area contributed by atoms with Crippen molar-refractivity contribution in [2.24, 2.45) is 0 Å². The molecule has 0 saturated heterocycles. The Morgan fingerprint density at radius 2 is 1.95 bits per heavy atom. The smallest absolute Gasteiger partial charge is 0.218 e. The first-order valence-corrected chi connectivity index (χ1v) is 8.47. The molecule has 0 aliphatic heterocycles. The van der Waals surface area contributed by atoms with Crippen molar-refractivity contribution in [1.82, 2.24) is 19.7 Å². The molecule has 0 bridgehead atoms. The summed E-state index contributed by atoms with van der Waals surface area (Å²) in [5.41, 5.74) is 1.29. The van der Waals surface area contributed by atoms with Gasteiger partial charge in [0.1, 0.15) is 0 Å². The van der Waals surface area contributed by atoms with Crippen LogP contribution in [-0.4, -0.2) is 33.0 Å². The Hall–Kier alpha value is -0.370. The molecule has 0 unspecified atom stereocenters. The molecule has 0 radical (unpaired) electrons. The highest BCUT2D eigenvalue weighted by Crippen LogP contribution is 2.16. The van der Waals surface area contributed by atoms with E-state index in [1.54, 1.807) is 16.4 Å². The highest BCUT2D eigenvalue weighted by Gasteiger charge is 2.08. The largest absolute Gasteiger partial charge is 0.283 e. The second-order valence-electron chi connectivity index (χ2n) is 4.15. The normalized spacial score (nSPS) is 11.2. The maximum Gasteiger partial charge on any atom is 0.218 e. The van der Waals surface area contributed by atoms with Crippen LogP contribution in [0.25, 0.3) is 0 Å². The van der Waals surface area contributed by atoms with Gasteiger partial charge in [-0.25, -0.2) is 4.68 Å². The lowest BCUT2D eigenvalue weighted by atomic mass is 10.2. The van der Waals surface area contributed by atoms with Crippen LogP contribution in [0.5, 0.6) is 0 Å². The molecule has 0 aliphatic rings. The Bertz CT molecular complexity index is 541. The molecule has 0 amide bonds. The molecule has 0 saturated carbocycles. The zero-order valence-corrected chi connectivity index (χ0v) is 14.7. The van der Waals surface area contributed by atoms with Gasteiger partial charge in [0.15, 0.2) is 4.73 Å². The van der Waals surface area contributed by atoms with Gasteiger partial charge >= 0.3 is 0 Å². The van der Waals surface area contributed by atoms with Crippen LogP contribution >= 0.6 is 43.6 Å². The zero-order chi connectivity index (χ0) is 13.8. The van der Waals surface area contributed by atoms with Crippen molar-refractivity contribution >= 4 is 43.6 Å². The SMILES string of the molecule is CSc1ccc(CN(C)Cn2nc(Br)nc2Br)cc1. The lowest BCUT2D eigenvalue weighted by molar-refractivity contribution is 0.243. The van der Waals surface area contributed by atoms with Crippen LogP contribution in [0.4, 0.5) is 0 Å². The number of halogens is 2. The number of hydrogen-bond donors (Lipinski definition) is 0. The third-order valence-corrected chi connectivity index (χ3v) is 4.25. The summed E-state index contributed by atoms with van der Waals surface area (Å²) in [6.07, 6.45) is 2.08. The third kappa shape index (κ3) is 4.30. The molecular formula is C12H14Br2N4S. The van der Waals surface area contributed by atoms with Crippen molar-refractivity contribution in [3.8, 4) is 0 Å². The molecule has 7 heteroatoms. The minimum atomic E-state index is 0.595. The van der Waals surface area contributed by atoms with Gasteiger partial charge in [0.05, 0.1) is 6.67 Å². The van der Waals surface area contributed by atoms with Crippen LogP contribution < -0.4 is 0 Å². The molecule has 2 rings (SSSR count). The summed E-state index contributed by atoms with van der Waals surface area (Å²) < 4.78 is 3.13. The van der Waals surface area contributed by atoms with E-state index in [4.69, 9.17) is 0 Å². The summed E-state index contributed by atoms with van der Waals surface area (Å²) in [5, 5.41) is 4.25. The molecule has 0 fully saturated rings. The van der Waals surface area contributed by atoms with E-state index >= 15 is 0 Å². The van der Waals surface area contributed by atoms with Crippen LogP contribution in [-0.2, 0) is 13.2 Å². The van der Waals surface area contributed by atoms with Crippen molar-refractivity contribution in [3.63, 3.8) is 0 Å². The number of hydrogen-bond acceptors (Lipinski definition) is 4. The topological polar surface area (TPSA) is 34.0 Å². The van der Waals surface area contributed by atoms with Crippen LogP contribution in [0.1, 0.15) is 5.56 Å². The first kappa shape index (κ1) is 15.0. The van der Waals surface area contributed by atoms with Crippen molar-refractivity contribution < 1.29 is 0 Å². The van der Waals surface area contributed by atoms with Gasteiger partial charge in [-0.3, -0.25) is 4.90 Å². The maximum absolute atomic E-state index is 4.25. The van der Waals surface area contributed by atoms with E-state index < -0.39 is 0 Å². The van der Waals surface area contributed by atoms with Crippen LogP contribution in [0.3, 0.4) is 0 Å². The number of rotatable bonds is 5. The van der Waals surface area contributed by atoms with Gasteiger partial charge in [0, 0.05) is 11.4 Å². The molecule has 0 spiro atoms. The molecule has 4 nitrogen and oxygen atoms in total. The Morgan fingerprint density at radius 1 is 1.26 bits per heavy atom. The molecule has 19 heavy (non-hydrogen) atoms. The van der Waals surface area contributed by atoms with Gasteiger partial charge in [-0.2, -0.15) is 4.98 Å². The van der Waals surface area contributed by atoms with Gasteiger partial charge in [0.25, 0.3) is 0 Å². The van der Waals surface area contributed by atoms with Crippen LogP contribution in [0, 0.1) is 0 Å². The van der Waals surface area contributed by atoms with E-state index in [1.165, 1.54) is 10.5 Å². The minimum absolute atomic E-state index is 0.595. The molecule has 1 heterocycles. The second kappa shape index (κ2) is 6.88. The summed E-state index contributed by atoms with van der Waals surface area (Å²) in [6.45, 7) is 1.56. The van der Waals surface area contributed by atoms with Crippen molar-refractivity contribution in [2.45, 2.75) is 18.1 Å². The van der Waals surface area contributed by atoms with E-state index in [9.17, 15) is 0 Å². The molecule has 0 atom stereocenters.